The van der Waals surface area contributed by atoms with Crippen molar-refractivity contribution in [2.45, 2.75) is 6.92 Å². The maximum atomic E-state index is 5.90. The van der Waals surface area contributed by atoms with Crippen LogP contribution in [0.3, 0.4) is 0 Å². The van der Waals surface area contributed by atoms with Crippen LogP contribution >= 0.6 is 23.2 Å². The van der Waals surface area contributed by atoms with Gasteiger partial charge in [0.05, 0.1) is 0 Å². The minimum absolute atomic E-state index is 0.492. The molecule has 1 aromatic carbocycles. The van der Waals surface area contributed by atoms with Crippen molar-refractivity contribution in [2.24, 2.45) is 0 Å². The molecule has 5 heteroatoms. The molecular weight excluding hydrogens is 271 g/mol. The lowest BCUT2D eigenvalue weighted by atomic mass is 10.3. The summed E-state index contributed by atoms with van der Waals surface area (Å²) in [6.45, 7) is 2.81. The highest BCUT2D eigenvalue weighted by atomic mass is 35.5. The fourth-order valence-electron chi connectivity index (χ4n) is 1.46. The van der Waals surface area contributed by atoms with E-state index in [0.717, 1.165) is 12.4 Å². The lowest BCUT2D eigenvalue weighted by Gasteiger charge is -2.08. The second kappa shape index (κ2) is 5.94. The molecule has 0 aliphatic rings. The van der Waals surface area contributed by atoms with Crippen LogP contribution in [0, 0.1) is 0 Å². The molecule has 0 spiro atoms. The highest BCUT2D eigenvalue weighted by Crippen LogP contribution is 2.27. The first-order valence-corrected chi connectivity index (χ1v) is 6.28. The smallest absolute Gasteiger partial charge is 0.221 e. The summed E-state index contributed by atoms with van der Waals surface area (Å²) in [5.41, 5.74) is 0. The van der Waals surface area contributed by atoms with Crippen molar-refractivity contribution >= 4 is 29.0 Å². The first kappa shape index (κ1) is 13.0. The monoisotopic (exact) mass is 282 g/mol. The van der Waals surface area contributed by atoms with Gasteiger partial charge in [-0.2, -0.15) is 4.98 Å². The summed E-state index contributed by atoms with van der Waals surface area (Å²) in [5.74, 6) is 1.82. The summed E-state index contributed by atoms with van der Waals surface area (Å²) in [6.07, 6.45) is 0. The van der Waals surface area contributed by atoms with E-state index in [1.54, 1.807) is 24.3 Å². The summed E-state index contributed by atoms with van der Waals surface area (Å²) < 4.78 is 5.61. The molecule has 0 atom stereocenters. The van der Waals surface area contributed by atoms with E-state index in [-0.39, 0.29) is 0 Å². The van der Waals surface area contributed by atoms with Gasteiger partial charge in [-0.05, 0) is 31.2 Å². The van der Waals surface area contributed by atoms with Crippen LogP contribution < -0.4 is 10.1 Å². The van der Waals surface area contributed by atoms with Gasteiger partial charge in [-0.25, -0.2) is 0 Å². The second-order valence-electron chi connectivity index (χ2n) is 3.60. The van der Waals surface area contributed by atoms with Crippen LogP contribution in [0.2, 0.25) is 10.0 Å². The summed E-state index contributed by atoms with van der Waals surface area (Å²) in [5, 5.41) is 4.17. The molecule has 1 N–H and O–H groups in total. The third-order valence-electron chi connectivity index (χ3n) is 2.14. The normalized spacial score (nSPS) is 10.2. The number of halogens is 2. The number of hydrogen-bond acceptors (Lipinski definition) is 3. The van der Waals surface area contributed by atoms with Crippen molar-refractivity contribution in [3.63, 3.8) is 0 Å². The Morgan fingerprint density at radius 3 is 2.56 bits per heavy atom. The molecular formula is C13H12Cl2N2O. The average Bonchev–Trinajstić information content (AvgIpc) is 2.28. The highest BCUT2D eigenvalue weighted by Gasteiger charge is 2.03. The first-order chi connectivity index (χ1) is 8.67. The maximum absolute atomic E-state index is 5.90. The fraction of sp³-hybridized carbons (Fsp3) is 0.154. The predicted molar refractivity (Wildman–Crippen MR) is 74.9 cm³/mol. The Bertz CT molecular complexity index is 526. The molecule has 0 fully saturated rings. The number of hydrogen-bond donors (Lipinski definition) is 1. The van der Waals surface area contributed by atoms with Gasteiger partial charge < -0.3 is 10.1 Å². The Hall–Kier alpha value is -1.45. The van der Waals surface area contributed by atoms with Crippen LogP contribution in [0.1, 0.15) is 6.92 Å². The molecule has 2 rings (SSSR count). The zero-order valence-electron chi connectivity index (χ0n) is 9.78. The number of ether oxygens (including phenoxy) is 1. The van der Waals surface area contributed by atoms with Gasteiger partial charge in [0.2, 0.25) is 5.88 Å². The zero-order valence-corrected chi connectivity index (χ0v) is 11.3. The lowest BCUT2D eigenvalue weighted by molar-refractivity contribution is 0.464. The van der Waals surface area contributed by atoms with Gasteiger partial charge in [0.25, 0.3) is 0 Å². The van der Waals surface area contributed by atoms with E-state index in [1.807, 2.05) is 19.1 Å². The number of rotatable bonds is 4. The van der Waals surface area contributed by atoms with Crippen LogP contribution in [0.5, 0.6) is 11.6 Å². The Morgan fingerprint density at radius 1 is 1.17 bits per heavy atom. The molecule has 0 aliphatic heterocycles. The van der Waals surface area contributed by atoms with Crippen molar-refractivity contribution in [3.05, 3.63) is 46.4 Å². The van der Waals surface area contributed by atoms with Gasteiger partial charge in [-0.15, -0.1) is 0 Å². The molecule has 94 valence electrons. The predicted octanol–water partition coefficient (Wildman–Crippen LogP) is 4.61. The largest absolute Gasteiger partial charge is 0.439 e. The van der Waals surface area contributed by atoms with E-state index in [4.69, 9.17) is 27.9 Å². The molecule has 0 saturated carbocycles. The van der Waals surface area contributed by atoms with Crippen molar-refractivity contribution < 1.29 is 4.74 Å². The van der Waals surface area contributed by atoms with Gasteiger partial charge in [0.15, 0.2) is 0 Å². The van der Waals surface area contributed by atoms with E-state index < -0.39 is 0 Å². The van der Waals surface area contributed by atoms with Crippen molar-refractivity contribution in [1.82, 2.24) is 4.98 Å². The van der Waals surface area contributed by atoms with E-state index in [1.165, 1.54) is 0 Å². The van der Waals surface area contributed by atoms with Gasteiger partial charge in [-0.3, -0.25) is 0 Å². The molecule has 1 aromatic heterocycles. The van der Waals surface area contributed by atoms with Gasteiger partial charge >= 0.3 is 0 Å². The standard InChI is InChI=1S/C13H12Cl2N2O/c1-2-16-12-4-3-5-13(17-12)18-11-7-9(14)6-10(15)8-11/h3-8H,2H2,1H3,(H,16,17). The van der Waals surface area contributed by atoms with E-state index >= 15 is 0 Å². The van der Waals surface area contributed by atoms with Gasteiger partial charge in [0, 0.05) is 22.7 Å². The molecule has 0 radical (unpaired) electrons. The molecule has 0 saturated heterocycles. The molecule has 3 nitrogen and oxygen atoms in total. The zero-order chi connectivity index (χ0) is 13.0. The van der Waals surface area contributed by atoms with Crippen molar-refractivity contribution in [2.75, 3.05) is 11.9 Å². The van der Waals surface area contributed by atoms with E-state index in [9.17, 15) is 0 Å². The average molecular weight is 283 g/mol. The number of nitrogens with zero attached hydrogens (tertiary/aromatic N) is 1. The SMILES string of the molecule is CCNc1cccc(Oc2cc(Cl)cc(Cl)c2)n1. The Labute approximate surface area is 116 Å². The van der Waals surface area contributed by atoms with Crippen molar-refractivity contribution in [1.29, 1.82) is 0 Å². The van der Waals surface area contributed by atoms with Gasteiger partial charge in [-0.1, -0.05) is 29.3 Å². The molecule has 0 aliphatic carbocycles. The number of pyridine rings is 1. The number of anilines is 1. The van der Waals surface area contributed by atoms with Gasteiger partial charge in [0.1, 0.15) is 11.6 Å². The summed E-state index contributed by atoms with van der Waals surface area (Å²) in [6, 6.07) is 10.5. The fourth-order valence-corrected chi connectivity index (χ4v) is 1.97. The maximum Gasteiger partial charge on any atom is 0.221 e. The van der Waals surface area contributed by atoms with E-state index in [0.29, 0.717) is 21.7 Å². The molecule has 0 bridgehead atoms. The Kier molecular flexibility index (Phi) is 4.28. The van der Waals surface area contributed by atoms with E-state index in [2.05, 4.69) is 10.3 Å². The topological polar surface area (TPSA) is 34.1 Å². The highest BCUT2D eigenvalue weighted by molar-refractivity contribution is 6.34. The molecule has 18 heavy (non-hydrogen) atoms. The van der Waals surface area contributed by atoms with Crippen LogP contribution in [-0.2, 0) is 0 Å². The molecule has 0 amide bonds. The minimum atomic E-state index is 0.492. The minimum Gasteiger partial charge on any atom is -0.439 e. The number of benzene rings is 1. The third kappa shape index (κ3) is 3.52. The summed E-state index contributed by atoms with van der Waals surface area (Å²) in [4.78, 5) is 4.30. The number of nitrogens with one attached hydrogen (secondary N) is 1. The summed E-state index contributed by atoms with van der Waals surface area (Å²) >= 11 is 11.8. The number of aromatic nitrogens is 1. The third-order valence-corrected chi connectivity index (χ3v) is 2.58. The first-order valence-electron chi connectivity index (χ1n) is 5.52. The van der Waals surface area contributed by atoms with Crippen LogP contribution in [0.15, 0.2) is 36.4 Å². The molecule has 0 unspecified atom stereocenters. The quantitative estimate of drug-likeness (QED) is 0.889. The Balaban J connectivity index is 2.20. The molecule has 2 aromatic rings. The second-order valence-corrected chi connectivity index (χ2v) is 4.47. The van der Waals surface area contributed by atoms with Crippen molar-refractivity contribution in [3.8, 4) is 11.6 Å². The van der Waals surface area contributed by atoms with Crippen LogP contribution in [-0.4, -0.2) is 11.5 Å². The summed E-state index contributed by atoms with van der Waals surface area (Å²) in [7, 11) is 0. The Morgan fingerprint density at radius 2 is 1.89 bits per heavy atom. The molecule has 1 heterocycles. The van der Waals surface area contributed by atoms with Crippen LogP contribution in [0.4, 0.5) is 5.82 Å². The lowest BCUT2D eigenvalue weighted by Crippen LogP contribution is -1.99. The van der Waals surface area contributed by atoms with Crippen LogP contribution in [0.25, 0.3) is 0 Å².